The van der Waals surface area contributed by atoms with Gasteiger partial charge in [-0.2, -0.15) is 0 Å². The van der Waals surface area contributed by atoms with E-state index in [1.165, 1.54) is 27.7 Å². The summed E-state index contributed by atoms with van der Waals surface area (Å²) < 4.78 is 2.54. The van der Waals surface area contributed by atoms with E-state index < -0.39 is 0 Å². The molecule has 0 N–H and O–H groups in total. The minimum absolute atomic E-state index is 0.591. The standard InChI is InChI=1S/C22H25ClN2/c1-3-24-15-20-19-14-18(23)9-10-21(19)25(22(20)13-16(24)2)12-11-17-7-5-4-6-8-17/h4-10,14,16H,3,11-13,15H2,1-2H3. The highest BCUT2D eigenvalue weighted by Gasteiger charge is 2.27. The Morgan fingerprint density at radius 2 is 1.92 bits per heavy atom. The van der Waals surface area contributed by atoms with Crippen LogP contribution in [0.3, 0.4) is 0 Å². The number of benzene rings is 2. The molecule has 1 atom stereocenters. The molecular weight excluding hydrogens is 328 g/mol. The molecule has 0 amide bonds. The molecule has 0 fully saturated rings. The van der Waals surface area contributed by atoms with Gasteiger partial charge in [0.15, 0.2) is 0 Å². The van der Waals surface area contributed by atoms with Crippen LogP contribution in [0.15, 0.2) is 48.5 Å². The summed E-state index contributed by atoms with van der Waals surface area (Å²) in [4.78, 5) is 2.56. The zero-order chi connectivity index (χ0) is 17.4. The lowest BCUT2D eigenvalue weighted by atomic mass is 9.99. The zero-order valence-corrected chi connectivity index (χ0v) is 15.8. The summed E-state index contributed by atoms with van der Waals surface area (Å²) in [7, 11) is 0. The van der Waals surface area contributed by atoms with Crippen molar-refractivity contribution in [2.75, 3.05) is 6.54 Å². The Labute approximate surface area is 155 Å². The second-order valence-corrected chi connectivity index (χ2v) is 7.53. The van der Waals surface area contributed by atoms with E-state index in [2.05, 4.69) is 65.8 Å². The number of aryl methyl sites for hydroxylation is 2. The van der Waals surface area contributed by atoms with E-state index >= 15 is 0 Å². The fourth-order valence-corrected chi connectivity index (χ4v) is 4.36. The van der Waals surface area contributed by atoms with Crippen molar-refractivity contribution in [3.63, 3.8) is 0 Å². The number of rotatable bonds is 4. The van der Waals surface area contributed by atoms with Crippen molar-refractivity contribution in [1.82, 2.24) is 9.47 Å². The third-order valence-corrected chi connectivity index (χ3v) is 5.83. The molecule has 1 aliphatic rings. The van der Waals surface area contributed by atoms with Crippen LogP contribution in [-0.2, 0) is 25.9 Å². The third-order valence-electron chi connectivity index (χ3n) is 5.60. The van der Waals surface area contributed by atoms with Crippen LogP contribution in [0.25, 0.3) is 10.9 Å². The summed E-state index contributed by atoms with van der Waals surface area (Å²) >= 11 is 6.32. The maximum Gasteiger partial charge on any atom is 0.0487 e. The number of hydrogen-bond acceptors (Lipinski definition) is 1. The first-order valence-corrected chi connectivity index (χ1v) is 9.62. The molecule has 2 aromatic carbocycles. The van der Waals surface area contributed by atoms with Crippen LogP contribution in [-0.4, -0.2) is 22.1 Å². The first-order valence-electron chi connectivity index (χ1n) is 9.25. The van der Waals surface area contributed by atoms with Gasteiger partial charge < -0.3 is 4.57 Å². The van der Waals surface area contributed by atoms with Gasteiger partial charge in [0.05, 0.1) is 0 Å². The molecule has 0 bridgehead atoms. The van der Waals surface area contributed by atoms with Crippen LogP contribution in [0.2, 0.25) is 5.02 Å². The quantitative estimate of drug-likeness (QED) is 0.618. The van der Waals surface area contributed by atoms with Crippen molar-refractivity contribution in [2.45, 2.75) is 45.8 Å². The first kappa shape index (κ1) is 16.7. The van der Waals surface area contributed by atoms with Crippen molar-refractivity contribution in [3.8, 4) is 0 Å². The molecule has 0 saturated heterocycles. The van der Waals surface area contributed by atoms with Crippen LogP contribution < -0.4 is 0 Å². The lowest BCUT2D eigenvalue weighted by Crippen LogP contribution is -2.38. The number of likely N-dealkylation sites (N-methyl/N-ethyl adjacent to an activating group) is 1. The van der Waals surface area contributed by atoms with Gasteiger partial charge in [0.1, 0.15) is 0 Å². The lowest BCUT2D eigenvalue weighted by molar-refractivity contribution is 0.192. The number of halogens is 1. The highest BCUT2D eigenvalue weighted by molar-refractivity contribution is 6.31. The first-order chi connectivity index (χ1) is 12.2. The summed E-state index contributed by atoms with van der Waals surface area (Å²) in [6, 6.07) is 17.7. The van der Waals surface area contributed by atoms with Crippen LogP contribution in [0.5, 0.6) is 0 Å². The van der Waals surface area contributed by atoms with E-state index in [1.807, 2.05) is 6.07 Å². The van der Waals surface area contributed by atoms with Crippen LogP contribution in [0.4, 0.5) is 0 Å². The smallest absolute Gasteiger partial charge is 0.0487 e. The van der Waals surface area contributed by atoms with Gasteiger partial charge in [-0.1, -0.05) is 48.9 Å². The van der Waals surface area contributed by atoms with Gasteiger partial charge in [0.2, 0.25) is 0 Å². The molecule has 4 rings (SSSR count). The zero-order valence-electron chi connectivity index (χ0n) is 15.0. The highest BCUT2D eigenvalue weighted by atomic mass is 35.5. The molecule has 3 aromatic rings. The van der Waals surface area contributed by atoms with Crippen molar-refractivity contribution in [1.29, 1.82) is 0 Å². The lowest BCUT2D eigenvalue weighted by Gasteiger charge is -2.33. The van der Waals surface area contributed by atoms with E-state index in [-0.39, 0.29) is 0 Å². The SMILES string of the molecule is CCN1Cc2c(n(CCc3ccccc3)c3ccc(Cl)cc23)CC1C. The van der Waals surface area contributed by atoms with Gasteiger partial charge in [-0.25, -0.2) is 0 Å². The fraction of sp³-hybridized carbons (Fsp3) is 0.364. The Bertz CT molecular complexity index is 882. The second-order valence-electron chi connectivity index (χ2n) is 7.09. The van der Waals surface area contributed by atoms with Crippen molar-refractivity contribution >= 4 is 22.5 Å². The summed E-state index contributed by atoms with van der Waals surface area (Å²) in [6.45, 7) is 7.75. The van der Waals surface area contributed by atoms with Gasteiger partial charge >= 0.3 is 0 Å². The minimum atomic E-state index is 0.591. The van der Waals surface area contributed by atoms with E-state index in [4.69, 9.17) is 11.6 Å². The molecule has 3 heteroatoms. The predicted molar refractivity (Wildman–Crippen MR) is 106 cm³/mol. The van der Waals surface area contributed by atoms with Crippen LogP contribution in [0.1, 0.15) is 30.7 Å². The molecule has 2 heterocycles. The number of hydrogen-bond donors (Lipinski definition) is 0. The summed E-state index contributed by atoms with van der Waals surface area (Å²) in [5.74, 6) is 0. The molecule has 0 radical (unpaired) electrons. The fourth-order valence-electron chi connectivity index (χ4n) is 4.19. The Balaban J connectivity index is 1.77. The van der Waals surface area contributed by atoms with Gasteiger partial charge in [0, 0.05) is 47.2 Å². The van der Waals surface area contributed by atoms with Crippen LogP contribution >= 0.6 is 11.6 Å². The average Bonchev–Trinajstić information content (AvgIpc) is 2.92. The largest absolute Gasteiger partial charge is 0.344 e. The number of aromatic nitrogens is 1. The second kappa shape index (κ2) is 6.86. The number of nitrogens with zero attached hydrogens (tertiary/aromatic N) is 2. The molecule has 1 aliphatic heterocycles. The normalized spacial score (nSPS) is 17.8. The Morgan fingerprint density at radius 3 is 2.68 bits per heavy atom. The molecule has 2 nitrogen and oxygen atoms in total. The predicted octanol–water partition coefficient (Wildman–Crippen LogP) is 5.30. The van der Waals surface area contributed by atoms with Crippen molar-refractivity contribution in [3.05, 3.63) is 70.4 Å². The van der Waals surface area contributed by atoms with Crippen LogP contribution in [0, 0.1) is 0 Å². The topological polar surface area (TPSA) is 8.17 Å². The van der Waals surface area contributed by atoms with Crippen molar-refractivity contribution in [2.24, 2.45) is 0 Å². The Morgan fingerprint density at radius 1 is 1.12 bits per heavy atom. The molecule has 0 saturated carbocycles. The molecule has 1 aromatic heterocycles. The summed E-state index contributed by atoms with van der Waals surface area (Å²) in [6.07, 6.45) is 2.18. The molecule has 0 spiro atoms. The van der Waals surface area contributed by atoms with E-state index in [0.717, 1.165) is 37.5 Å². The molecular formula is C22H25ClN2. The Kier molecular flexibility index (Phi) is 4.58. The van der Waals surface area contributed by atoms with Gasteiger partial charge in [-0.15, -0.1) is 0 Å². The van der Waals surface area contributed by atoms with Gasteiger partial charge in [-0.3, -0.25) is 4.90 Å². The maximum atomic E-state index is 6.32. The van der Waals surface area contributed by atoms with E-state index in [1.54, 1.807) is 0 Å². The molecule has 1 unspecified atom stereocenters. The summed E-state index contributed by atoms with van der Waals surface area (Å²) in [5.41, 5.74) is 5.71. The molecule has 0 aliphatic carbocycles. The molecule has 25 heavy (non-hydrogen) atoms. The van der Waals surface area contributed by atoms with E-state index in [9.17, 15) is 0 Å². The monoisotopic (exact) mass is 352 g/mol. The number of fused-ring (bicyclic) bond motifs is 3. The average molecular weight is 353 g/mol. The van der Waals surface area contributed by atoms with Gasteiger partial charge in [-0.05, 0) is 49.2 Å². The molecule has 130 valence electrons. The third kappa shape index (κ3) is 3.09. The minimum Gasteiger partial charge on any atom is -0.344 e. The van der Waals surface area contributed by atoms with Crippen molar-refractivity contribution < 1.29 is 0 Å². The van der Waals surface area contributed by atoms with Gasteiger partial charge in [0.25, 0.3) is 0 Å². The Hall–Kier alpha value is -1.77. The summed E-state index contributed by atoms with van der Waals surface area (Å²) in [5, 5.41) is 2.16. The highest BCUT2D eigenvalue weighted by Crippen LogP contribution is 2.34. The maximum absolute atomic E-state index is 6.32. The van der Waals surface area contributed by atoms with E-state index in [0.29, 0.717) is 6.04 Å².